The normalized spacial score (nSPS) is 11.7. The molecule has 0 fully saturated rings. The van der Waals surface area contributed by atoms with E-state index >= 15 is 0 Å². The van der Waals surface area contributed by atoms with Crippen LogP contribution in [-0.4, -0.2) is 55.4 Å². The molecule has 16 heavy (non-hydrogen) atoms. The predicted octanol–water partition coefficient (Wildman–Crippen LogP) is 2.20. The third-order valence-corrected chi connectivity index (χ3v) is 2.97. The Hall–Kier alpha value is -0.380. The molecule has 0 aromatic rings. The Morgan fingerprint density at radius 2 is 1.44 bits per heavy atom. The van der Waals surface area contributed by atoms with Crippen LogP contribution in [-0.2, 0) is 4.74 Å². The highest BCUT2D eigenvalue weighted by Crippen LogP contribution is 2.06. The molecule has 0 spiro atoms. The zero-order chi connectivity index (χ0) is 12.4. The van der Waals surface area contributed by atoms with Gasteiger partial charge in [-0.2, -0.15) is 0 Å². The van der Waals surface area contributed by atoms with Gasteiger partial charge in [0, 0.05) is 0 Å². The Morgan fingerprint density at radius 3 is 1.75 bits per heavy atom. The third-order valence-electron chi connectivity index (χ3n) is 2.97. The highest BCUT2D eigenvalue weighted by molar-refractivity contribution is 4.72. The molecule has 0 saturated heterocycles. The lowest BCUT2D eigenvalue weighted by atomic mass is 10.3. The van der Waals surface area contributed by atoms with E-state index in [4.69, 9.17) is 4.74 Å². The zero-order valence-corrected chi connectivity index (χ0v) is 11.4. The molecule has 96 valence electrons. The Morgan fingerprint density at radius 1 is 1.00 bits per heavy atom. The van der Waals surface area contributed by atoms with Gasteiger partial charge in [-0.3, -0.25) is 9.80 Å². The average Bonchev–Trinajstić information content (AvgIpc) is 2.31. The van der Waals surface area contributed by atoms with Crippen LogP contribution >= 0.6 is 0 Å². The van der Waals surface area contributed by atoms with Crippen molar-refractivity contribution in [1.82, 2.24) is 9.80 Å². The van der Waals surface area contributed by atoms with Crippen LogP contribution in [0.3, 0.4) is 0 Å². The molecule has 0 radical (unpaired) electrons. The monoisotopic (exact) mass is 228 g/mol. The molecule has 0 aromatic carbocycles. The molecule has 3 heteroatoms. The van der Waals surface area contributed by atoms with Gasteiger partial charge in [0.05, 0.1) is 19.4 Å². The summed E-state index contributed by atoms with van der Waals surface area (Å²) in [5.74, 6) is 0. The SMILES string of the molecule is C=CCOCC(N(CC)CC)N(CC)CC. The van der Waals surface area contributed by atoms with Crippen molar-refractivity contribution in [3.8, 4) is 0 Å². The van der Waals surface area contributed by atoms with Crippen molar-refractivity contribution < 1.29 is 4.74 Å². The van der Waals surface area contributed by atoms with Gasteiger partial charge in [-0.1, -0.05) is 33.8 Å². The summed E-state index contributed by atoms with van der Waals surface area (Å²) in [6.45, 7) is 18.1. The summed E-state index contributed by atoms with van der Waals surface area (Å²) in [7, 11) is 0. The van der Waals surface area contributed by atoms with E-state index in [9.17, 15) is 0 Å². The summed E-state index contributed by atoms with van der Waals surface area (Å²) < 4.78 is 5.61. The lowest BCUT2D eigenvalue weighted by molar-refractivity contribution is -0.0113. The van der Waals surface area contributed by atoms with E-state index in [1.807, 2.05) is 6.08 Å². The van der Waals surface area contributed by atoms with Gasteiger partial charge in [-0.05, 0) is 26.2 Å². The van der Waals surface area contributed by atoms with Crippen LogP contribution in [0.2, 0.25) is 0 Å². The second-order valence-electron chi connectivity index (χ2n) is 3.75. The highest BCUT2D eigenvalue weighted by Gasteiger charge is 2.20. The van der Waals surface area contributed by atoms with E-state index in [-0.39, 0.29) is 0 Å². The largest absolute Gasteiger partial charge is 0.374 e. The Labute approximate surface area is 101 Å². The molecule has 0 aromatic heterocycles. The van der Waals surface area contributed by atoms with Crippen LogP contribution in [0.1, 0.15) is 27.7 Å². The molecule has 0 bridgehead atoms. The summed E-state index contributed by atoms with van der Waals surface area (Å²) in [5.41, 5.74) is 0. The fourth-order valence-electron chi connectivity index (χ4n) is 1.99. The van der Waals surface area contributed by atoms with Crippen molar-refractivity contribution in [1.29, 1.82) is 0 Å². The van der Waals surface area contributed by atoms with Crippen LogP contribution in [0.5, 0.6) is 0 Å². The first-order valence-electron chi connectivity index (χ1n) is 6.41. The molecular formula is C13H28N2O. The van der Waals surface area contributed by atoms with Gasteiger partial charge in [0.25, 0.3) is 0 Å². The molecule has 0 N–H and O–H groups in total. The zero-order valence-electron chi connectivity index (χ0n) is 11.4. The van der Waals surface area contributed by atoms with Crippen molar-refractivity contribution in [2.24, 2.45) is 0 Å². The van der Waals surface area contributed by atoms with Gasteiger partial charge >= 0.3 is 0 Å². The highest BCUT2D eigenvalue weighted by atomic mass is 16.5. The topological polar surface area (TPSA) is 15.7 Å². The van der Waals surface area contributed by atoms with Gasteiger partial charge in [0.1, 0.15) is 0 Å². The van der Waals surface area contributed by atoms with E-state index < -0.39 is 0 Å². The van der Waals surface area contributed by atoms with E-state index in [1.54, 1.807) is 0 Å². The first kappa shape index (κ1) is 15.6. The lowest BCUT2D eigenvalue weighted by Crippen LogP contribution is -2.51. The second-order valence-corrected chi connectivity index (χ2v) is 3.75. The molecule has 0 atom stereocenters. The van der Waals surface area contributed by atoms with Crippen molar-refractivity contribution in [2.45, 2.75) is 33.9 Å². The maximum atomic E-state index is 5.61. The molecular weight excluding hydrogens is 200 g/mol. The summed E-state index contributed by atoms with van der Waals surface area (Å²) in [6, 6.07) is 0. The number of nitrogens with zero attached hydrogens (tertiary/aromatic N) is 2. The van der Waals surface area contributed by atoms with Crippen LogP contribution in [0.25, 0.3) is 0 Å². The maximum absolute atomic E-state index is 5.61. The number of ether oxygens (including phenoxy) is 1. The second kappa shape index (κ2) is 9.82. The van der Waals surface area contributed by atoms with Crippen molar-refractivity contribution >= 4 is 0 Å². The molecule has 0 amide bonds. The summed E-state index contributed by atoms with van der Waals surface area (Å²) >= 11 is 0. The van der Waals surface area contributed by atoms with E-state index in [0.29, 0.717) is 12.8 Å². The minimum absolute atomic E-state index is 0.393. The van der Waals surface area contributed by atoms with Crippen molar-refractivity contribution in [3.63, 3.8) is 0 Å². The average molecular weight is 228 g/mol. The number of hydrogen-bond donors (Lipinski definition) is 0. The minimum Gasteiger partial charge on any atom is -0.374 e. The third kappa shape index (κ3) is 5.10. The predicted molar refractivity (Wildman–Crippen MR) is 70.6 cm³/mol. The first-order valence-corrected chi connectivity index (χ1v) is 6.41. The van der Waals surface area contributed by atoms with Gasteiger partial charge in [-0.25, -0.2) is 0 Å². The van der Waals surface area contributed by atoms with E-state index in [2.05, 4.69) is 44.1 Å². The minimum atomic E-state index is 0.393. The molecule has 3 nitrogen and oxygen atoms in total. The van der Waals surface area contributed by atoms with E-state index in [0.717, 1.165) is 32.8 Å². The molecule has 0 heterocycles. The molecule has 0 aliphatic heterocycles. The fourth-order valence-corrected chi connectivity index (χ4v) is 1.99. The number of rotatable bonds is 10. The van der Waals surface area contributed by atoms with Gasteiger partial charge in [-0.15, -0.1) is 6.58 Å². The summed E-state index contributed by atoms with van der Waals surface area (Å²) in [4.78, 5) is 4.88. The maximum Gasteiger partial charge on any atom is 0.0863 e. The van der Waals surface area contributed by atoms with Crippen molar-refractivity contribution in [2.75, 3.05) is 39.4 Å². The lowest BCUT2D eigenvalue weighted by Gasteiger charge is -2.37. The summed E-state index contributed by atoms with van der Waals surface area (Å²) in [5, 5.41) is 0. The van der Waals surface area contributed by atoms with Crippen molar-refractivity contribution in [3.05, 3.63) is 12.7 Å². The quantitative estimate of drug-likeness (QED) is 0.324. The molecule has 0 aliphatic carbocycles. The number of hydrogen-bond acceptors (Lipinski definition) is 3. The molecule has 0 rings (SSSR count). The Kier molecular flexibility index (Phi) is 9.59. The first-order chi connectivity index (χ1) is 7.74. The summed E-state index contributed by atoms with van der Waals surface area (Å²) in [6.07, 6.45) is 2.20. The Balaban J connectivity index is 4.39. The van der Waals surface area contributed by atoms with Gasteiger partial charge in [0.15, 0.2) is 0 Å². The smallest absolute Gasteiger partial charge is 0.0863 e. The van der Waals surface area contributed by atoms with Gasteiger partial charge in [0.2, 0.25) is 0 Å². The fraction of sp³-hybridized carbons (Fsp3) is 0.846. The molecule has 0 saturated carbocycles. The Bertz CT molecular complexity index is 153. The van der Waals surface area contributed by atoms with Gasteiger partial charge < -0.3 is 4.74 Å². The standard InChI is InChI=1S/C13H28N2O/c1-6-11-16-12-13(14(7-2)8-3)15(9-4)10-5/h6,13H,1,7-12H2,2-5H3. The van der Waals surface area contributed by atoms with Crippen LogP contribution < -0.4 is 0 Å². The molecule has 0 aliphatic rings. The van der Waals surface area contributed by atoms with E-state index in [1.165, 1.54) is 0 Å². The van der Waals surface area contributed by atoms with Crippen LogP contribution in [0.4, 0.5) is 0 Å². The van der Waals surface area contributed by atoms with Crippen LogP contribution in [0, 0.1) is 0 Å². The number of likely N-dealkylation sites (N-methyl/N-ethyl adjacent to an activating group) is 2. The molecule has 0 unspecified atom stereocenters. The van der Waals surface area contributed by atoms with Crippen LogP contribution in [0.15, 0.2) is 12.7 Å².